The highest BCUT2D eigenvalue weighted by molar-refractivity contribution is 5.18. The Labute approximate surface area is 130 Å². The molecule has 2 aliphatic rings. The molecule has 1 nitrogen and oxygen atoms in total. The summed E-state index contributed by atoms with van der Waals surface area (Å²) in [5.41, 5.74) is 2.95. The quantitative estimate of drug-likeness (QED) is 0.539. The van der Waals surface area contributed by atoms with Gasteiger partial charge in [0.2, 0.25) is 0 Å². The molecule has 1 unspecified atom stereocenters. The number of hydrogen-bond donors (Lipinski definition) is 1. The van der Waals surface area contributed by atoms with Crippen LogP contribution in [0.4, 0.5) is 0 Å². The Balaban J connectivity index is 2.24. The van der Waals surface area contributed by atoms with Crippen LogP contribution in [-0.4, -0.2) is 11.7 Å². The van der Waals surface area contributed by atoms with Crippen LogP contribution in [0.25, 0.3) is 0 Å². The highest BCUT2D eigenvalue weighted by atomic mass is 16.3. The van der Waals surface area contributed by atoms with Gasteiger partial charge in [-0.25, -0.2) is 0 Å². The fourth-order valence-electron chi connectivity index (χ4n) is 5.24. The van der Waals surface area contributed by atoms with Crippen molar-refractivity contribution < 1.29 is 5.11 Å². The normalized spacial score (nSPS) is 39.7. The monoisotopic (exact) mass is 288 g/mol. The van der Waals surface area contributed by atoms with E-state index in [4.69, 9.17) is 0 Å². The van der Waals surface area contributed by atoms with Crippen LogP contribution >= 0.6 is 0 Å². The van der Waals surface area contributed by atoms with Crippen LogP contribution in [-0.2, 0) is 0 Å². The van der Waals surface area contributed by atoms with Crippen molar-refractivity contribution in [1.82, 2.24) is 0 Å². The first kappa shape index (κ1) is 16.5. The number of allylic oxidation sites excluding steroid dienone is 3. The first-order valence-electron chi connectivity index (χ1n) is 8.46. The summed E-state index contributed by atoms with van der Waals surface area (Å²) in [6.45, 7) is 17.4. The summed E-state index contributed by atoms with van der Waals surface area (Å²) in [4.78, 5) is 0. The molecule has 2 saturated carbocycles. The Morgan fingerprint density at radius 2 is 2.10 bits per heavy atom. The molecule has 118 valence electrons. The van der Waals surface area contributed by atoms with Crippen molar-refractivity contribution in [2.75, 3.05) is 6.61 Å². The largest absolute Gasteiger partial charge is 0.396 e. The van der Waals surface area contributed by atoms with Crippen molar-refractivity contribution in [2.45, 2.75) is 58.8 Å². The average Bonchev–Trinajstić information content (AvgIpc) is 2.45. The zero-order valence-electron chi connectivity index (χ0n) is 14.0. The van der Waals surface area contributed by atoms with E-state index in [9.17, 15) is 5.11 Å². The van der Waals surface area contributed by atoms with Gasteiger partial charge < -0.3 is 5.11 Å². The molecule has 0 aromatic rings. The van der Waals surface area contributed by atoms with Gasteiger partial charge in [0.1, 0.15) is 0 Å². The Hall–Kier alpha value is -0.820. The molecule has 0 amide bonds. The lowest BCUT2D eigenvalue weighted by Gasteiger charge is -2.58. The number of rotatable bonds is 5. The fraction of sp³-hybridized carbons (Fsp3) is 0.700. The summed E-state index contributed by atoms with van der Waals surface area (Å²) >= 11 is 0. The van der Waals surface area contributed by atoms with Crippen LogP contribution < -0.4 is 0 Å². The molecule has 1 heteroatoms. The molecule has 2 aliphatic carbocycles. The molecule has 0 bridgehead atoms. The molecule has 0 radical (unpaired) electrons. The first-order valence-corrected chi connectivity index (χ1v) is 8.46. The van der Waals surface area contributed by atoms with E-state index < -0.39 is 0 Å². The third kappa shape index (κ3) is 2.90. The van der Waals surface area contributed by atoms with Crippen LogP contribution in [0.5, 0.6) is 0 Å². The molecular weight excluding hydrogens is 256 g/mol. The lowest BCUT2D eigenvalue weighted by atomic mass is 9.47. The van der Waals surface area contributed by atoms with Gasteiger partial charge >= 0.3 is 0 Å². The van der Waals surface area contributed by atoms with Crippen molar-refractivity contribution in [1.29, 1.82) is 0 Å². The maximum atomic E-state index is 9.96. The summed E-state index contributed by atoms with van der Waals surface area (Å²) in [5.74, 6) is 1.19. The first-order chi connectivity index (χ1) is 9.87. The molecule has 21 heavy (non-hydrogen) atoms. The van der Waals surface area contributed by atoms with E-state index in [0.717, 1.165) is 24.8 Å². The zero-order chi connectivity index (χ0) is 15.7. The highest BCUT2D eigenvalue weighted by Crippen LogP contribution is 2.61. The second kappa shape index (κ2) is 6.12. The number of fused-ring (bicyclic) bond motifs is 1. The summed E-state index contributed by atoms with van der Waals surface area (Å²) in [6.07, 6.45) is 10.0. The molecule has 0 heterocycles. The minimum absolute atomic E-state index is 0.0986. The lowest BCUT2D eigenvalue weighted by molar-refractivity contribution is -0.0858. The van der Waals surface area contributed by atoms with E-state index in [1.165, 1.54) is 31.3 Å². The van der Waals surface area contributed by atoms with Gasteiger partial charge in [-0.05, 0) is 61.2 Å². The molecule has 2 rings (SSSR count). The Kier molecular flexibility index (Phi) is 4.82. The maximum Gasteiger partial charge on any atom is 0.0487 e. The van der Waals surface area contributed by atoms with Gasteiger partial charge in [-0.1, -0.05) is 57.2 Å². The summed E-state index contributed by atoms with van der Waals surface area (Å²) in [6, 6.07) is 0. The maximum absolute atomic E-state index is 9.96. The molecule has 0 spiro atoms. The van der Waals surface area contributed by atoms with Crippen LogP contribution in [0, 0.1) is 22.7 Å². The molecule has 0 aromatic carbocycles. The van der Waals surface area contributed by atoms with Gasteiger partial charge in [0.05, 0.1) is 0 Å². The standard InChI is InChI=1S/C20H32O/c1-6-15(2)8-10-17-16(3)9-11-18-19(4,14-21)12-7-13-20(17,18)5/h6,17-18,21H,1-3,7-14H2,4-5H3/t17?,18-,19+,20+/m0/s1. The lowest BCUT2D eigenvalue weighted by Crippen LogP contribution is -2.51. The van der Waals surface area contributed by atoms with Crippen LogP contribution in [0.2, 0.25) is 0 Å². The van der Waals surface area contributed by atoms with Crippen LogP contribution in [0.15, 0.2) is 37.0 Å². The molecule has 0 saturated heterocycles. The summed E-state index contributed by atoms with van der Waals surface area (Å²) in [5, 5.41) is 9.96. The second-order valence-corrected chi connectivity index (χ2v) is 7.87. The smallest absolute Gasteiger partial charge is 0.0487 e. The van der Waals surface area contributed by atoms with Gasteiger partial charge in [-0.3, -0.25) is 0 Å². The number of aliphatic hydroxyl groups excluding tert-OH is 1. The van der Waals surface area contributed by atoms with Gasteiger partial charge in [0.15, 0.2) is 0 Å². The minimum atomic E-state index is 0.0986. The van der Waals surface area contributed by atoms with Crippen molar-refractivity contribution >= 4 is 0 Å². The molecule has 0 aromatic heterocycles. The van der Waals surface area contributed by atoms with E-state index in [1.54, 1.807) is 0 Å². The van der Waals surface area contributed by atoms with Crippen molar-refractivity contribution in [3.05, 3.63) is 37.0 Å². The average molecular weight is 288 g/mol. The predicted molar refractivity (Wildman–Crippen MR) is 91.1 cm³/mol. The highest BCUT2D eigenvalue weighted by Gasteiger charge is 2.53. The third-order valence-electron chi connectivity index (χ3n) is 6.55. The van der Waals surface area contributed by atoms with Crippen LogP contribution in [0.1, 0.15) is 58.8 Å². The Morgan fingerprint density at radius 1 is 1.38 bits per heavy atom. The minimum Gasteiger partial charge on any atom is -0.396 e. The molecule has 0 aliphatic heterocycles. The van der Waals surface area contributed by atoms with E-state index in [-0.39, 0.29) is 5.41 Å². The van der Waals surface area contributed by atoms with Crippen LogP contribution in [0.3, 0.4) is 0 Å². The van der Waals surface area contributed by atoms with Gasteiger partial charge in [0, 0.05) is 6.61 Å². The third-order valence-corrected chi connectivity index (χ3v) is 6.55. The SMILES string of the molecule is C=CC(=C)CCC1C(=C)CC[C@H]2[C@@](C)(CO)CCC[C@]12C. The van der Waals surface area contributed by atoms with Crippen molar-refractivity contribution in [3.8, 4) is 0 Å². The van der Waals surface area contributed by atoms with Crippen molar-refractivity contribution in [3.63, 3.8) is 0 Å². The Morgan fingerprint density at radius 3 is 2.71 bits per heavy atom. The predicted octanol–water partition coefficient (Wildman–Crippen LogP) is 5.28. The molecule has 2 fully saturated rings. The van der Waals surface area contributed by atoms with Gasteiger partial charge in [-0.2, -0.15) is 0 Å². The van der Waals surface area contributed by atoms with E-state index in [1.807, 2.05) is 6.08 Å². The van der Waals surface area contributed by atoms with E-state index in [0.29, 0.717) is 23.9 Å². The van der Waals surface area contributed by atoms with Crippen molar-refractivity contribution in [2.24, 2.45) is 22.7 Å². The number of aliphatic hydroxyl groups is 1. The van der Waals surface area contributed by atoms with E-state index in [2.05, 4.69) is 33.6 Å². The molecule has 4 atom stereocenters. The summed E-state index contributed by atoms with van der Waals surface area (Å²) < 4.78 is 0. The Bertz CT molecular complexity index is 435. The topological polar surface area (TPSA) is 20.2 Å². The molecular formula is C20H32O. The van der Waals surface area contributed by atoms with Gasteiger partial charge in [-0.15, -0.1) is 0 Å². The second-order valence-electron chi connectivity index (χ2n) is 7.87. The number of hydrogen-bond acceptors (Lipinski definition) is 1. The van der Waals surface area contributed by atoms with Gasteiger partial charge in [0.25, 0.3) is 0 Å². The zero-order valence-corrected chi connectivity index (χ0v) is 14.0. The fourth-order valence-corrected chi connectivity index (χ4v) is 5.24. The summed E-state index contributed by atoms with van der Waals surface area (Å²) in [7, 11) is 0. The molecule has 1 N–H and O–H groups in total. The van der Waals surface area contributed by atoms with E-state index >= 15 is 0 Å².